The fraction of sp³-hybridized carbons (Fsp3) is 0.615. The molecule has 1 aromatic rings. The number of ether oxygens (including phenoxy) is 2. The molecule has 0 aromatic carbocycles. The summed E-state index contributed by atoms with van der Waals surface area (Å²) in [6.45, 7) is 1.34. The van der Waals surface area contributed by atoms with E-state index >= 15 is 0 Å². The van der Waals surface area contributed by atoms with E-state index in [4.69, 9.17) is 14.6 Å². The normalized spacial score (nSPS) is 23.2. The van der Waals surface area contributed by atoms with Crippen molar-refractivity contribution >= 4 is 17.2 Å². The molecule has 5 nitrogen and oxygen atoms in total. The maximum absolute atomic E-state index is 11.9. The molecule has 0 bridgehead atoms. The Morgan fingerprint density at radius 1 is 1.63 bits per heavy atom. The summed E-state index contributed by atoms with van der Waals surface area (Å²) < 4.78 is 10.8. The lowest BCUT2D eigenvalue weighted by Gasteiger charge is -2.32. The molecule has 1 aliphatic rings. The van der Waals surface area contributed by atoms with Gasteiger partial charge in [0.1, 0.15) is 6.10 Å². The molecule has 1 aromatic heterocycles. The molecule has 1 fully saturated rings. The van der Waals surface area contributed by atoms with E-state index in [2.05, 4.69) is 5.32 Å². The van der Waals surface area contributed by atoms with Crippen LogP contribution in [0.3, 0.4) is 0 Å². The average molecular weight is 285 g/mol. The summed E-state index contributed by atoms with van der Waals surface area (Å²) in [4.78, 5) is 11.9. The lowest BCUT2D eigenvalue weighted by Crippen LogP contribution is -2.50. The van der Waals surface area contributed by atoms with Crippen LogP contribution < -0.4 is 5.32 Å². The summed E-state index contributed by atoms with van der Waals surface area (Å²) in [6, 6.07) is 1.92. The van der Waals surface area contributed by atoms with Gasteiger partial charge in [0.25, 0.3) is 0 Å². The van der Waals surface area contributed by atoms with Crippen LogP contribution in [0.25, 0.3) is 0 Å². The third-order valence-corrected chi connectivity index (χ3v) is 3.75. The molecule has 106 valence electrons. The molecule has 0 saturated carbocycles. The van der Waals surface area contributed by atoms with Crippen LogP contribution in [0, 0.1) is 0 Å². The Hall–Kier alpha value is -0.950. The molecule has 0 spiro atoms. The largest absolute Gasteiger partial charge is 0.394 e. The van der Waals surface area contributed by atoms with E-state index in [0.717, 1.165) is 12.0 Å². The van der Waals surface area contributed by atoms with E-state index in [-0.39, 0.29) is 31.3 Å². The predicted molar refractivity (Wildman–Crippen MR) is 72.2 cm³/mol. The minimum atomic E-state index is -0.174. The van der Waals surface area contributed by atoms with Gasteiger partial charge in [-0.1, -0.05) is 0 Å². The maximum Gasteiger partial charge on any atom is 0.224 e. The maximum atomic E-state index is 11.9. The quantitative estimate of drug-likeness (QED) is 0.802. The van der Waals surface area contributed by atoms with E-state index in [1.165, 1.54) is 0 Å². The Bertz CT molecular complexity index is 382. The molecule has 0 aliphatic carbocycles. The van der Waals surface area contributed by atoms with Gasteiger partial charge in [0.2, 0.25) is 5.91 Å². The van der Waals surface area contributed by atoms with E-state index in [0.29, 0.717) is 19.6 Å². The smallest absolute Gasteiger partial charge is 0.224 e. The summed E-state index contributed by atoms with van der Waals surface area (Å²) in [5.41, 5.74) is 1.03. The van der Waals surface area contributed by atoms with Gasteiger partial charge in [-0.25, -0.2) is 0 Å². The number of nitrogens with one attached hydrogen (secondary N) is 1. The topological polar surface area (TPSA) is 67.8 Å². The SMILES string of the molecule is O=C(Cc1ccsc1)N[C@@H]1CCOC[C@H]1OCCO. The van der Waals surface area contributed by atoms with Gasteiger partial charge in [0, 0.05) is 6.61 Å². The number of hydrogen-bond acceptors (Lipinski definition) is 5. The van der Waals surface area contributed by atoms with Crippen molar-refractivity contribution < 1.29 is 19.4 Å². The van der Waals surface area contributed by atoms with Gasteiger partial charge in [0.05, 0.1) is 32.3 Å². The monoisotopic (exact) mass is 285 g/mol. The van der Waals surface area contributed by atoms with Gasteiger partial charge >= 0.3 is 0 Å². The van der Waals surface area contributed by atoms with Gasteiger partial charge in [-0.05, 0) is 28.8 Å². The van der Waals surface area contributed by atoms with Crippen LogP contribution >= 0.6 is 11.3 Å². The van der Waals surface area contributed by atoms with Crippen LogP contribution in [0.4, 0.5) is 0 Å². The Balaban J connectivity index is 1.82. The highest BCUT2D eigenvalue weighted by Crippen LogP contribution is 2.12. The molecule has 6 heteroatoms. The number of aliphatic hydroxyl groups excluding tert-OH is 1. The molecule has 2 atom stereocenters. The first-order valence-electron chi connectivity index (χ1n) is 6.40. The lowest BCUT2D eigenvalue weighted by molar-refractivity contribution is -0.125. The Labute approximate surface area is 116 Å². The van der Waals surface area contributed by atoms with Crippen LogP contribution in [-0.4, -0.2) is 49.6 Å². The second-order valence-electron chi connectivity index (χ2n) is 4.48. The van der Waals surface area contributed by atoms with Crippen LogP contribution in [0.2, 0.25) is 0 Å². The van der Waals surface area contributed by atoms with Crippen molar-refractivity contribution in [3.05, 3.63) is 22.4 Å². The predicted octanol–water partition coefficient (Wildman–Crippen LogP) is 0.573. The molecule has 1 aliphatic heterocycles. The molecule has 2 rings (SSSR count). The minimum absolute atomic E-state index is 0.00268. The van der Waals surface area contributed by atoms with E-state index < -0.39 is 0 Å². The molecule has 2 N–H and O–H groups in total. The zero-order chi connectivity index (χ0) is 13.5. The van der Waals surface area contributed by atoms with Crippen LogP contribution in [0.15, 0.2) is 16.8 Å². The number of hydrogen-bond donors (Lipinski definition) is 2. The molecular formula is C13H19NO4S. The van der Waals surface area contributed by atoms with Crippen LogP contribution in [-0.2, 0) is 20.7 Å². The van der Waals surface area contributed by atoms with Crippen molar-refractivity contribution in [3.8, 4) is 0 Å². The van der Waals surface area contributed by atoms with Gasteiger partial charge in [-0.2, -0.15) is 11.3 Å². The van der Waals surface area contributed by atoms with Gasteiger partial charge in [-0.15, -0.1) is 0 Å². The minimum Gasteiger partial charge on any atom is -0.394 e. The molecular weight excluding hydrogens is 266 g/mol. The molecule has 1 saturated heterocycles. The van der Waals surface area contributed by atoms with Crippen molar-refractivity contribution in [1.29, 1.82) is 0 Å². The number of aliphatic hydroxyl groups is 1. The Kier molecular flexibility index (Phi) is 5.78. The Morgan fingerprint density at radius 2 is 2.53 bits per heavy atom. The van der Waals surface area contributed by atoms with Crippen LogP contribution in [0.1, 0.15) is 12.0 Å². The van der Waals surface area contributed by atoms with Gasteiger partial charge in [0.15, 0.2) is 0 Å². The molecule has 0 unspecified atom stereocenters. The number of amides is 1. The summed E-state index contributed by atoms with van der Waals surface area (Å²) in [7, 11) is 0. The van der Waals surface area contributed by atoms with Crippen molar-refractivity contribution in [3.63, 3.8) is 0 Å². The van der Waals surface area contributed by atoms with Crippen molar-refractivity contribution in [2.75, 3.05) is 26.4 Å². The van der Waals surface area contributed by atoms with Crippen molar-refractivity contribution in [2.24, 2.45) is 0 Å². The molecule has 2 heterocycles. The first-order chi connectivity index (χ1) is 9.29. The first-order valence-corrected chi connectivity index (χ1v) is 7.34. The number of carbonyl (C=O) groups is 1. The second kappa shape index (κ2) is 7.59. The standard InChI is InChI=1S/C13H19NO4S/c15-3-5-18-12-8-17-4-1-11(12)14-13(16)7-10-2-6-19-9-10/h2,6,9,11-12,15H,1,3-5,7-8H2,(H,14,16)/t11-,12-/m1/s1. The number of carbonyl (C=O) groups excluding carboxylic acids is 1. The highest BCUT2D eigenvalue weighted by molar-refractivity contribution is 7.07. The van der Waals surface area contributed by atoms with E-state index in [1.807, 2.05) is 16.8 Å². The average Bonchev–Trinajstić information content (AvgIpc) is 2.90. The molecule has 0 radical (unpaired) electrons. The third kappa shape index (κ3) is 4.58. The summed E-state index contributed by atoms with van der Waals surface area (Å²) in [5.74, 6) is 0.00268. The zero-order valence-corrected chi connectivity index (χ0v) is 11.5. The highest BCUT2D eigenvalue weighted by Gasteiger charge is 2.27. The lowest BCUT2D eigenvalue weighted by atomic mass is 10.1. The van der Waals surface area contributed by atoms with Crippen molar-refractivity contribution in [2.45, 2.75) is 25.0 Å². The number of rotatable bonds is 6. The third-order valence-electron chi connectivity index (χ3n) is 3.02. The highest BCUT2D eigenvalue weighted by atomic mass is 32.1. The summed E-state index contributed by atoms with van der Waals surface area (Å²) in [5, 5.41) is 15.7. The van der Waals surface area contributed by atoms with Crippen molar-refractivity contribution in [1.82, 2.24) is 5.32 Å². The first kappa shape index (κ1) is 14.5. The molecule has 19 heavy (non-hydrogen) atoms. The van der Waals surface area contributed by atoms with E-state index in [1.54, 1.807) is 11.3 Å². The molecule has 1 amide bonds. The second-order valence-corrected chi connectivity index (χ2v) is 5.26. The summed E-state index contributed by atoms with van der Waals surface area (Å²) in [6.07, 6.45) is 0.964. The summed E-state index contributed by atoms with van der Waals surface area (Å²) >= 11 is 1.59. The van der Waals surface area contributed by atoms with Crippen LogP contribution in [0.5, 0.6) is 0 Å². The van der Waals surface area contributed by atoms with Gasteiger partial charge < -0.3 is 19.9 Å². The fourth-order valence-electron chi connectivity index (χ4n) is 2.08. The zero-order valence-electron chi connectivity index (χ0n) is 10.7. The Morgan fingerprint density at radius 3 is 3.26 bits per heavy atom. The fourth-order valence-corrected chi connectivity index (χ4v) is 2.75. The number of thiophene rings is 1. The van der Waals surface area contributed by atoms with E-state index in [9.17, 15) is 4.79 Å². The van der Waals surface area contributed by atoms with Gasteiger partial charge in [-0.3, -0.25) is 4.79 Å².